The Balaban J connectivity index is 1.95. The summed E-state index contributed by atoms with van der Waals surface area (Å²) in [6.45, 7) is 8.23. The van der Waals surface area contributed by atoms with Crippen LogP contribution in [0.5, 0.6) is 0 Å². The molecule has 134 valence electrons. The number of benzene rings is 1. The number of hydroxylamine groups is 1. The SMILES string of the molecule is CC(NC(=O)Nc1ccc(C(C)(C)C)cc1)c1ccc(C(=O)NO)s1. The van der Waals surface area contributed by atoms with Gasteiger partial charge in [0.25, 0.3) is 5.91 Å². The molecule has 2 aromatic rings. The van der Waals surface area contributed by atoms with Crippen LogP contribution in [0.4, 0.5) is 10.5 Å². The van der Waals surface area contributed by atoms with E-state index in [0.29, 0.717) is 10.6 Å². The molecule has 1 aromatic carbocycles. The Hall–Kier alpha value is -2.38. The van der Waals surface area contributed by atoms with Crippen LogP contribution in [-0.4, -0.2) is 17.1 Å². The zero-order chi connectivity index (χ0) is 18.6. The number of amides is 3. The fourth-order valence-electron chi connectivity index (χ4n) is 2.25. The highest BCUT2D eigenvalue weighted by Gasteiger charge is 2.16. The van der Waals surface area contributed by atoms with Gasteiger partial charge in [-0.15, -0.1) is 11.3 Å². The van der Waals surface area contributed by atoms with Gasteiger partial charge in [0.15, 0.2) is 0 Å². The lowest BCUT2D eigenvalue weighted by atomic mass is 9.87. The molecule has 4 N–H and O–H groups in total. The zero-order valence-corrected chi connectivity index (χ0v) is 15.5. The number of carbonyl (C=O) groups excluding carboxylic acids is 2. The van der Waals surface area contributed by atoms with Crippen molar-refractivity contribution in [3.05, 3.63) is 51.7 Å². The van der Waals surface area contributed by atoms with Gasteiger partial charge in [0, 0.05) is 10.6 Å². The average Bonchev–Trinajstić information content (AvgIpc) is 3.03. The predicted molar refractivity (Wildman–Crippen MR) is 99.3 cm³/mol. The number of rotatable bonds is 4. The Morgan fingerprint density at radius 3 is 2.28 bits per heavy atom. The molecule has 0 saturated carbocycles. The summed E-state index contributed by atoms with van der Waals surface area (Å²) in [5, 5.41) is 14.3. The smallest absolute Gasteiger partial charge is 0.319 e. The molecule has 0 aliphatic heterocycles. The summed E-state index contributed by atoms with van der Waals surface area (Å²) in [4.78, 5) is 24.7. The molecule has 0 aliphatic rings. The highest BCUT2D eigenvalue weighted by molar-refractivity contribution is 7.14. The molecule has 3 amide bonds. The standard InChI is InChI=1S/C18H23N3O3S/c1-11(14-9-10-15(25-14)16(22)21-24)19-17(23)20-13-7-5-12(6-8-13)18(2,3)4/h5-11,24H,1-4H3,(H,21,22)(H2,19,20,23). The van der Waals surface area contributed by atoms with Crippen LogP contribution in [0.25, 0.3) is 0 Å². The minimum atomic E-state index is -0.563. The van der Waals surface area contributed by atoms with E-state index >= 15 is 0 Å². The van der Waals surface area contributed by atoms with E-state index in [1.165, 1.54) is 16.9 Å². The molecule has 6 nitrogen and oxygen atoms in total. The maximum atomic E-state index is 12.1. The predicted octanol–water partition coefficient (Wildman–Crippen LogP) is 4.05. The summed E-state index contributed by atoms with van der Waals surface area (Å²) in [5.41, 5.74) is 3.56. The zero-order valence-electron chi connectivity index (χ0n) is 14.7. The second kappa shape index (κ2) is 7.67. The van der Waals surface area contributed by atoms with E-state index in [1.807, 2.05) is 31.2 Å². The van der Waals surface area contributed by atoms with E-state index in [4.69, 9.17) is 5.21 Å². The molecule has 1 aromatic heterocycles. The number of hydrogen-bond donors (Lipinski definition) is 4. The highest BCUT2D eigenvalue weighted by Crippen LogP contribution is 2.24. The first kappa shape index (κ1) is 19.0. The first-order valence-electron chi connectivity index (χ1n) is 7.93. The number of hydrogen-bond acceptors (Lipinski definition) is 4. The van der Waals surface area contributed by atoms with Gasteiger partial charge in [-0.25, -0.2) is 10.3 Å². The summed E-state index contributed by atoms with van der Waals surface area (Å²) in [7, 11) is 0. The van der Waals surface area contributed by atoms with E-state index in [1.54, 1.807) is 17.6 Å². The van der Waals surface area contributed by atoms with Gasteiger partial charge in [0.05, 0.1) is 10.9 Å². The summed E-state index contributed by atoms with van der Waals surface area (Å²) in [5.74, 6) is -0.563. The quantitative estimate of drug-likeness (QED) is 0.489. The van der Waals surface area contributed by atoms with Crippen LogP contribution in [-0.2, 0) is 5.41 Å². The van der Waals surface area contributed by atoms with Crippen molar-refractivity contribution >= 4 is 29.0 Å². The third kappa shape index (κ3) is 5.04. The van der Waals surface area contributed by atoms with Crippen molar-refractivity contribution in [2.45, 2.75) is 39.2 Å². The van der Waals surface area contributed by atoms with Crippen molar-refractivity contribution in [1.29, 1.82) is 0 Å². The fourth-order valence-corrected chi connectivity index (χ4v) is 3.15. The normalized spacial score (nSPS) is 12.4. The van der Waals surface area contributed by atoms with Crippen molar-refractivity contribution < 1.29 is 14.8 Å². The highest BCUT2D eigenvalue weighted by atomic mass is 32.1. The largest absolute Gasteiger partial charge is 0.331 e. The molecule has 0 fully saturated rings. The number of nitrogens with one attached hydrogen (secondary N) is 3. The van der Waals surface area contributed by atoms with Gasteiger partial charge in [-0.1, -0.05) is 32.9 Å². The molecule has 25 heavy (non-hydrogen) atoms. The van der Waals surface area contributed by atoms with Crippen molar-refractivity contribution in [1.82, 2.24) is 10.8 Å². The third-order valence-corrected chi connectivity index (χ3v) is 5.00. The van der Waals surface area contributed by atoms with Crippen LogP contribution >= 0.6 is 11.3 Å². The van der Waals surface area contributed by atoms with E-state index < -0.39 is 5.91 Å². The van der Waals surface area contributed by atoms with Gasteiger partial charge >= 0.3 is 6.03 Å². The van der Waals surface area contributed by atoms with Crippen LogP contribution < -0.4 is 16.1 Å². The second-order valence-electron chi connectivity index (χ2n) is 6.79. The molecule has 1 unspecified atom stereocenters. The van der Waals surface area contributed by atoms with Crippen molar-refractivity contribution in [3.63, 3.8) is 0 Å². The topological polar surface area (TPSA) is 90.5 Å². The van der Waals surface area contributed by atoms with Crippen LogP contribution in [0, 0.1) is 0 Å². The van der Waals surface area contributed by atoms with Crippen molar-refractivity contribution in [2.75, 3.05) is 5.32 Å². The molecule has 1 atom stereocenters. The molecular weight excluding hydrogens is 338 g/mol. The Kier molecular flexibility index (Phi) is 5.81. The van der Waals surface area contributed by atoms with E-state index in [0.717, 1.165) is 4.88 Å². The first-order valence-corrected chi connectivity index (χ1v) is 8.74. The lowest BCUT2D eigenvalue weighted by molar-refractivity contribution is 0.0711. The maximum Gasteiger partial charge on any atom is 0.319 e. The number of thiophene rings is 1. The average molecular weight is 361 g/mol. The van der Waals surface area contributed by atoms with Crippen LogP contribution in [0.15, 0.2) is 36.4 Å². The molecule has 0 bridgehead atoms. The lowest BCUT2D eigenvalue weighted by Crippen LogP contribution is -2.30. The Morgan fingerprint density at radius 1 is 1.08 bits per heavy atom. The summed E-state index contributed by atoms with van der Waals surface area (Å²) in [6.07, 6.45) is 0. The molecule has 2 rings (SSSR count). The van der Waals surface area contributed by atoms with Crippen LogP contribution in [0.3, 0.4) is 0 Å². The monoisotopic (exact) mass is 361 g/mol. The number of urea groups is 1. The summed E-state index contributed by atoms with van der Waals surface area (Å²) in [6, 6.07) is 10.5. The van der Waals surface area contributed by atoms with Gasteiger partial charge in [-0.05, 0) is 42.2 Å². The molecule has 1 heterocycles. The fraction of sp³-hybridized carbons (Fsp3) is 0.333. The second-order valence-corrected chi connectivity index (χ2v) is 7.91. The lowest BCUT2D eigenvalue weighted by Gasteiger charge is -2.19. The molecule has 7 heteroatoms. The molecule has 0 aliphatic carbocycles. The van der Waals surface area contributed by atoms with Gasteiger partial charge in [-0.3, -0.25) is 10.0 Å². The van der Waals surface area contributed by atoms with E-state index in [-0.39, 0.29) is 17.5 Å². The Labute approximate surface area is 151 Å². The van der Waals surface area contributed by atoms with Gasteiger partial charge in [0.2, 0.25) is 0 Å². The number of carbonyl (C=O) groups is 2. The van der Waals surface area contributed by atoms with E-state index in [2.05, 4.69) is 31.4 Å². The van der Waals surface area contributed by atoms with E-state index in [9.17, 15) is 9.59 Å². The minimum Gasteiger partial charge on any atom is -0.331 e. The maximum absolute atomic E-state index is 12.1. The third-order valence-electron chi connectivity index (χ3n) is 3.74. The van der Waals surface area contributed by atoms with Gasteiger partial charge in [-0.2, -0.15) is 0 Å². The number of anilines is 1. The molecule has 0 saturated heterocycles. The van der Waals surface area contributed by atoms with Crippen molar-refractivity contribution in [3.8, 4) is 0 Å². The Bertz CT molecular complexity index is 748. The van der Waals surface area contributed by atoms with Crippen molar-refractivity contribution in [2.24, 2.45) is 0 Å². The van der Waals surface area contributed by atoms with Gasteiger partial charge in [0.1, 0.15) is 0 Å². The first-order chi connectivity index (χ1) is 11.7. The molecule has 0 radical (unpaired) electrons. The summed E-state index contributed by atoms with van der Waals surface area (Å²) < 4.78 is 0. The van der Waals surface area contributed by atoms with Gasteiger partial charge < -0.3 is 10.6 Å². The Morgan fingerprint density at radius 2 is 1.72 bits per heavy atom. The minimum absolute atomic E-state index is 0.0625. The van der Waals surface area contributed by atoms with Crippen LogP contribution in [0.1, 0.15) is 53.8 Å². The molecule has 0 spiro atoms. The van der Waals surface area contributed by atoms with Crippen LogP contribution in [0.2, 0.25) is 0 Å². The summed E-state index contributed by atoms with van der Waals surface area (Å²) >= 11 is 1.21. The molecular formula is C18H23N3O3S.